The minimum atomic E-state index is 0.498. The van der Waals surface area contributed by atoms with Crippen LogP contribution in [0.3, 0.4) is 0 Å². The molecule has 0 unspecified atom stereocenters. The van der Waals surface area contributed by atoms with Crippen molar-refractivity contribution in [1.82, 2.24) is 10.3 Å². The van der Waals surface area contributed by atoms with Crippen molar-refractivity contribution in [2.24, 2.45) is 0 Å². The lowest BCUT2D eigenvalue weighted by Gasteiger charge is -2.02. The Morgan fingerprint density at radius 1 is 1.20 bits per heavy atom. The van der Waals surface area contributed by atoms with E-state index in [1.54, 1.807) is 18.4 Å². The average molecular weight is 292 g/mol. The second-order valence-corrected chi connectivity index (χ2v) is 5.46. The molecule has 1 aromatic carbocycles. The summed E-state index contributed by atoms with van der Waals surface area (Å²) in [6, 6.07) is 9.79. The molecule has 1 aromatic heterocycles. The first-order valence-electron chi connectivity index (χ1n) is 6.68. The molecule has 0 aliphatic heterocycles. The number of nitrogens with zero attached hydrogens (tertiary/aromatic N) is 1. The molecule has 0 bridgehead atoms. The number of hydrogen-bond acceptors (Lipinski definition) is 5. The highest BCUT2D eigenvalue weighted by atomic mass is 32.1. The van der Waals surface area contributed by atoms with Crippen LogP contribution in [0.25, 0.3) is 0 Å². The van der Waals surface area contributed by atoms with E-state index in [9.17, 15) is 0 Å². The summed E-state index contributed by atoms with van der Waals surface area (Å²) >= 11 is 1.68. The van der Waals surface area contributed by atoms with E-state index in [2.05, 4.69) is 17.2 Å². The Morgan fingerprint density at radius 2 is 2.00 bits per heavy atom. The smallest absolute Gasteiger partial charge is 0.140 e. The summed E-state index contributed by atoms with van der Waals surface area (Å²) in [4.78, 5) is 5.82. The van der Waals surface area contributed by atoms with Crippen LogP contribution >= 0.6 is 11.3 Å². The van der Waals surface area contributed by atoms with Crippen LogP contribution in [-0.2, 0) is 24.5 Å². The number of methoxy groups -OCH3 is 1. The Bertz CT molecular complexity index is 514. The third kappa shape index (κ3) is 4.30. The van der Waals surface area contributed by atoms with E-state index in [4.69, 9.17) is 9.47 Å². The predicted octanol–water partition coefficient (Wildman–Crippen LogP) is 2.98. The molecule has 1 heterocycles. The van der Waals surface area contributed by atoms with Crippen molar-refractivity contribution in [3.05, 3.63) is 45.9 Å². The van der Waals surface area contributed by atoms with Crippen molar-refractivity contribution in [2.45, 2.75) is 26.7 Å². The Hall–Kier alpha value is -1.43. The minimum Gasteiger partial charge on any atom is -0.486 e. The average Bonchev–Trinajstić information content (AvgIpc) is 2.87. The molecule has 0 saturated carbocycles. The Labute approximate surface area is 123 Å². The molecule has 0 saturated heterocycles. The van der Waals surface area contributed by atoms with Gasteiger partial charge in [0.1, 0.15) is 17.4 Å². The van der Waals surface area contributed by atoms with Gasteiger partial charge >= 0.3 is 0 Å². The molecule has 0 aliphatic rings. The monoisotopic (exact) mass is 292 g/mol. The summed E-state index contributed by atoms with van der Waals surface area (Å²) in [5.74, 6) is 0.865. The summed E-state index contributed by atoms with van der Waals surface area (Å²) in [7, 11) is 1.69. The predicted molar refractivity (Wildman–Crippen MR) is 81.0 cm³/mol. The molecule has 0 spiro atoms. The highest BCUT2D eigenvalue weighted by Gasteiger charge is 2.11. The van der Waals surface area contributed by atoms with Gasteiger partial charge in [0, 0.05) is 18.5 Å². The highest BCUT2D eigenvalue weighted by Crippen LogP contribution is 2.21. The van der Waals surface area contributed by atoms with Gasteiger partial charge in [-0.2, -0.15) is 0 Å². The number of ether oxygens (including phenoxy) is 2. The summed E-state index contributed by atoms with van der Waals surface area (Å²) in [5.41, 5.74) is 1.00. The van der Waals surface area contributed by atoms with E-state index in [1.807, 2.05) is 30.3 Å². The van der Waals surface area contributed by atoms with Crippen LogP contribution in [0.2, 0.25) is 0 Å². The number of nitrogens with one attached hydrogen (secondary N) is 1. The van der Waals surface area contributed by atoms with Crippen molar-refractivity contribution >= 4 is 11.3 Å². The van der Waals surface area contributed by atoms with E-state index in [0.717, 1.165) is 29.5 Å². The van der Waals surface area contributed by atoms with Gasteiger partial charge in [-0.25, -0.2) is 4.98 Å². The summed E-state index contributed by atoms with van der Waals surface area (Å²) in [6.45, 7) is 4.91. The molecule has 0 atom stereocenters. The van der Waals surface area contributed by atoms with Crippen molar-refractivity contribution in [3.8, 4) is 5.75 Å². The molecule has 1 N–H and O–H groups in total. The van der Waals surface area contributed by atoms with Crippen molar-refractivity contribution in [3.63, 3.8) is 0 Å². The normalized spacial score (nSPS) is 10.7. The zero-order valence-electron chi connectivity index (χ0n) is 11.9. The molecule has 4 nitrogen and oxygen atoms in total. The van der Waals surface area contributed by atoms with Gasteiger partial charge in [-0.1, -0.05) is 25.1 Å². The largest absolute Gasteiger partial charge is 0.486 e. The lowest BCUT2D eigenvalue weighted by molar-refractivity contribution is 0.180. The van der Waals surface area contributed by atoms with Crippen LogP contribution in [0, 0.1) is 0 Å². The summed E-state index contributed by atoms with van der Waals surface area (Å²) < 4.78 is 10.9. The molecule has 0 amide bonds. The van der Waals surface area contributed by atoms with Crippen molar-refractivity contribution in [2.75, 3.05) is 13.7 Å². The fourth-order valence-electron chi connectivity index (χ4n) is 1.79. The second kappa shape index (κ2) is 7.99. The zero-order valence-corrected chi connectivity index (χ0v) is 12.7. The minimum absolute atomic E-state index is 0.498. The maximum atomic E-state index is 5.73. The van der Waals surface area contributed by atoms with E-state index in [0.29, 0.717) is 13.2 Å². The molecule has 0 fully saturated rings. The first-order valence-corrected chi connectivity index (χ1v) is 7.50. The van der Waals surface area contributed by atoms with Crippen LogP contribution in [-0.4, -0.2) is 18.6 Å². The highest BCUT2D eigenvalue weighted by molar-refractivity contribution is 7.11. The van der Waals surface area contributed by atoms with E-state index >= 15 is 0 Å². The van der Waals surface area contributed by atoms with Gasteiger partial charge in [-0.05, 0) is 18.7 Å². The van der Waals surface area contributed by atoms with Crippen LogP contribution < -0.4 is 10.1 Å². The fraction of sp³-hybridized carbons (Fsp3) is 0.400. The maximum Gasteiger partial charge on any atom is 0.140 e. The van der Waals surface area contributed by atoms with Crippen molar-refractivity contribution in [1.29, 1.82) is 0 Å². The number of aromatic nitrogens is 1. The van der Waals surface area contributed by atoms with Crippen LogP contribution in [0.4, 0.5) is 0 Å². The van der Waals surface area contributed by atoms with Gasteiger partial charge in [-0.15, -0.1) is 11.3 Å². The van der Waals surface area contributed by atoms with Gasteiger partial charge in [0.15, 0.2) is 0 Å². The van der Waals surface area contributed by atoms with Gasteiger partial charge < -0.3 is 14.8 Å². The summed E-state index contributed by atoms with van der Waals surface area (Å²) in [6.07, 6.45) is 0. The molecule has 2 rings (SSSR count). The number of benzene rings is 1. The molecular weight excluding hydrogens is 272 g/mol. The number of hydrogen-bond donors (Lipinski definition) is 1. The van der Waals surface area contributed by atoms with E-state index in [-0.39, 0.29) is 0 Å². The second-order valence-electron chi connectivity index (χ2n) is 4.29. The topological polar surface area (TPSA) is 43.4 Å². The number of rotatable bonds is 8. The summed E-state index contributed by atoms with van der Waals surface area (Å²) in [5, 5.41) is 4.30. The van der Waals surface area contributed by atoms with Crippen LogP contribution in [0.15, 0.2) is 30.3 Å². The van der Waals surface area contributed by atoms with Gasteiger partial charge in [-0.3, -0.25) is 0 Å². The zero-order chi connectivity index (χ0) is 14.2. The Kier molecular flexibility index (Phi) is 5.98. The maximum absolute atomic E-state index is 5.73. The first kappa shape index (κ1) is 15.0. The standard InChI is InChI=1S/C15H20N2O2S/c1-3-16-9-14-13(10-18-2)17-15(20-14)11-19-12-7-5-4-6-8-12/h4-8,16H,3,9-11H2,1-2H3. The Balaban J connectivity index is 2.00. The number of thiazole rings is 1. The third-order valence-electron chi connectivity index (χ3n) is 2.74. The molecular formula is C15H20N2O2S. The lowest BCUT2D eigenvalue weighted by Crippen LogP contribution is -2.12. The third-order valence-corrected chi connectivity index (χ3v) is 3.82. The lowest BCUT2D eigenvalue weighted by atomic mass is 10.3. The molecule has 5 heteroatoms. The molecule has 2 aromatic rings. The Morgan fingerprint density at radius 3 is 2.70 bits per heavy atom. The van der Waals surface area contributed by atoms with Crippen LogP contribution in [0.5, 0.6) is 5.75 Å². The number of para-hydroxylation sites is 1. The molecule has 20 heavy (non-hydrogen) atoms. The quantitative estimate of drug-likeness (QED) is 0.812. The van der Waals surface area contributed by atoms with E-state index in [1.165, 1.54) is 4.88 Å². The van der Waals surface area contributed by atoms with Crippen LogP contribution in [0.1, 0.15) is 22.5 Å². The molecule has 0 radical (unpaired) electrons. The van der Waals surface area contributed by atoms with Gasteiger partial charge in [0.05, 0.1) is 12.3 Å². The fourth-order valence-corrected chi connectivity index (χ4v) is 2.74. The SMILES string of the molecule is CCNCc1sc(COc2ccccc2)nc1COC. The first-order chi connectivity index (χ1) is 9.83. The molecule has 108 valence electrons. The van der Waals surface area contributed by atoms with E-state index < -0.39 is 0 Å². The van der Waals surface area contributed by atoms with Gasteiger partial charge in [0.25, 0.3) is 0 Å². The van der Waals surface area contributed by atoms with Crippen molar-refractivity contribution < 1.29 is 9.47 Å². The molecule has 0 aliphatic carbocycles. The van der Waals surface area contributed by atoms with Gasteiger partial charge in [0.2, 0.25) is 0 Å².